The summed E-state index contributed by atoms with van der Waals surface area (Å²) in [4.78, 5) is -0.0356. The largest absolute Gasteiger partial charge is 0.380 e. The Bertz CT molecular complexity index is 1150. The van der Waals surface area contributed by atoms with Crippen LogP contribution in [0.25, 0.3) is 5.57 Å². The van der Waals surface area contributed by atoms with Crippen molar-refractivity contribution < 1.29 is 26.3 Å². The Morgan fingerprint density at radius 2 is 1.33 bits per heavy atom. The lowest BCUT2D eigenvalue weighted by Crippen LogP contribution is -2.60. The summed E-state index contributed by atoms with van der Waals surface area (Å²) >= 11 is 0.917. The number of halogens is 6. The van der Waals surface area contributed by atoms with E-state index in [1.54, 1.807) is 41.8 Å². The maximum Gasteiger partial charge on any atom is 0.380 e. The molecule has 1 spiro atoms. The molecule has 1 heterocycles. The molecule has 0 radical (unpaired) electrons. The van der Waals surface area contributed by atoms with Gasteiger partial charge in [0.05, 0.1) is 5.57 Å². The van der Waals surface area contributed by atoms with E-state index in [0.717, 1.165) is 43.4 Å². The van der Waals surface area contributed by atoms with Crippen LogP contribution in [-0.4, -0.2) is 17.8 Å². The number of rotatable bonds is 1. The molecule has 0 amide bonds. The van der Waals surface area contributed by atoms with E-state index in [4.69, 9.17) is 0 Å². The van der Waals surface area contributed by atoms with Crippen LogP contribution in [0.1, 0.15) is 54.0 Å². The van der Waals surface area contributed by atoms with E-state index in [-0.39, 0.29) is 16.7 Å². The van der Waals surface area contributed by atoms with Gasteiger partial charge < -0.3 is 0 Å². The van der Waals surface area contributed by atoms with Gasteiger partial charge in [0.15, 0.2) is 0 Å². The zero-order chi connectivity index (χ0) is 23.0. The van der Waals surface area contributed by atoms with Gasteiger partial charge in [-0.25, -0.2) is 0 Å². The first-order valence-electron chi connectivity index (χ1n) is 11.6. The molecule has 4 bridgehead atoms. The van der Waals surface area contributed by atoms with Crippen molar-refractivity contribution in [2.45, 2.75) is 61.2 Å². The quantitative estimate of drug-likeness (QED) is 0.364. The van der Waals surface area contributed by atoms with E-state index < -0.39 is 40.2 Å². The third kappa shape index (κ3) is 2.14. The van der Waals surface area contributed by atoms with Crippen LogP contribution in [0.5, 0.6) is 0 Å². The maximum absolute atomic E-state index is 15.6. The number of hydrogen-bond acceptors (Lipinski definition) is 1. The average Bonchev–Trinajstić information content (AvgIpc) is 3.29. The normalized spacial score (nSPS) is 40.8. The van der Waals surface area contributed by atoms with E-state index in [9.17, 15) is 8.78 Å². The lowest BCUT2D eigenvalue weighted by atomic mass is 9.38. The topological polar surface area (TPSA) is 0 Å². The molecule has 33 heavy (non-hydrogen) atoms. The van der Waals surface area contributed by atoms with Gasteiger partial charge >= 0.3 is 17.8 Å². The molecule has 8 rings (SSSR count). The summed E-state index contributed by atoms with van der Waals surface area (Å²) in [7, 11) is 0. The fourth-order valence-electron chi connectivity index (χ4n) is 8.64. The third-order valence-electron chi connectivity index (χ3n) is 9.46. The highest BCUT2D eigenvalue weighted by atomic mass is 32.1. The molecule has 4 saturated carbocycles. The third-order valence-corrected chi connectivity index (χ3v) is 10.4. The molecule has 0 nitrogen and oxygen atoms in total. The molecule has 1 aromatic heterocycles. The highest BCUT2D eigenvalue weighted by Crippen LogP contribution is 2.76. The van der Waals surface area contributed by atoms with Crippen LogP contribution in [0.3, 0.4) is 0 Å². The molecular weight excluding hydrogens is 458 g/mol. The van der Waals surface area contributed by atoms with Gasteiger partial charge in [-0.05, 0) is 78.3 Å². The van der Waals surface area contributed by atoms with Crippen LogP contribution >= 0.6 is 11.3 Å². The Morgan fingerprint density at radius 3 is 1.94 bits per heavy atom. The number of allylic oxidation sites excluding steroid dienone is 2. The Labute approximate surface area is 191 Å². The van der Waals surface area contributed by atoms with Gasteiger partial charge in [-0.3, -0.25) is 0 Å². The first-order chi connectivity index (χ1) is 15.6. The van der Waals surface area contributed by atoms with Crippen LogP contribution in [0.2, 0.25) is 0 Å². The minimum Gasteiger partial charge on any atom is -0.194 e. The van der Waals surface area contributed by atoms with Gasteiger partial charge in [0.2, 0.25) is 0 Å². The predicted molar refractivity (Wildman–Crippen MR) is 114 cm³/mol. The number of hydrogen-bond donors (Lipinski definition) is 0. The van der Waals surface area contributed by atoms with Crippen molar-refractivity contribution in [2.75, 3.05) is 0 Å². The summed E-state index contributed by atoms with van der Waals surface area (Å²) < 4.78 is 91.4. The fourth-order valence-corrected chi connectivity index (χ4v) is 9.71. The molecule has 1 aromatic carbocycles. The second-order valence-electron chi connectivity index (χ2n) is 10.8. The summed E-state index contributed by atoms with van der Waals surface area (Å²) in [6.07, 6.45) is 4.55. The number of thiophene rings is 1. The van der Waals surface area contributed by atoms with Gasteiger partial charge in [-0.2, -0.15) is 26.3 Å². The molecular formula is C26H22F6S. The van der Waals surface area contributed by atoms with Gasteiger partial charge in [0.25, 0.3) is 0 Å². The SMILES string of the molecule is FC1(F)C2=C([C@@H](c3ccccc3)C3(c4ccsc42)C2CC4CC(C2)CC3C4)C(F)(F)C1(F)F. The molecule has 174 valence electrons. The van der Waals surface area contributed by atoms with E-state index in [0.29, 0.717) is 23.0 Å². The molecule has 0 unspecified atom stereocenters. The second-order valence-corrected chi connectivity index (χ2v) is 11.7. The molecule has 0 N–H and O–H groups in total. The van der Waals surface area contributed by atoms with Crippen molar-refractivity contribution in [3.05, 3.63) is 63.4 Å². The highest BCUT2D eigenvalue weighted by Gasteiger charge is 2.83. The first kappa shape index (κ1) is 20.6. The summed E-state index contributed by atoms with van der Waals surface area (Å²) in [6.45, 7) is 0. The standard InChI is InChI=1S/C26H22F6S/c27-24(28)20-19(15-4-2-1-3-5-15)23(16-9-13-8-14(11-16)12-17(23)10-13)18-6-7-33-22(18)21(20)25(29,30)26(24,31)32/h1-7,13-14,16-17,19H,8-12H2/t13?,14?,16?,17?,19-,23?/m1/s1. The number of alkyl halides is 6. The molecule has 6 aliphatic carbocycles. The molecule has 7 heteroatoms. The van der Waals surface area contributed by atoms with Crippen LogP contribution in [0.15, 0.2) is 47.4 Å². The smallest absolute Gasteiger partial charge is 0.194 e. The van der Waals surface area contributed by atoms with E-state index >= 15 is 17.6 Å². The first-order valence-corrected chi connectivity index (χ1v) is 12.5. The van der Waals surface area contributed by atoms with Crippen molar-refractivity contribution in [1.82, 2.24) is 0 Å². The summed E-state index contributed by atoms with van der Waals surface area (Å²) in [5.74, 6) is -15.4. The number of fused-ring (bicyclic) bond motifs is 2. The van der Waals surface area contributed by atoms with Gasteiger partial charge in [-0.15, -0.1) is 11.3 Å². The maximum atomic E-state index is 15.6. The fraction of sp³-hybridized carbons (Fsp3) is 0.538. The monoisotopic (exact) mass is 480 g/mol. The molecule has 1 atom stereocenters. The minimum absolute atomic E-state index is 0.0278. The Kier molecular flexibility index (Phi) is 3.79. The molecule has 2 aromatic rings. The summed E-state index contributed by atoms with van der Waals surface area (Å²) in [5, 5.41) is 1.63. The van der Waals surface area contributed by atoms with E-state index in [1.807, 2.05) is 0 Å². The van der Waals surface area contributed by atoms with Gasteiger partial charge in [0.1, 0.15) is 0 Å². The lowest BCUT2D eigenvalue weighted by molar-refractivity contribution is -0.261. The molecule has 0 saturated heterocycles. The zero-order valence-electron chi connectivity index (χ0n) is 17.6. The second kappa shape index (κ2) is 6.07. The van der Waals surface area contributed by atoms with Crippen molar-refractivity contribution >= 4 is 16.9 Å². The van der Waals surface area contributed by atoms with Crippen molar-refractivity contribution in [3.8, 4) is 0 Å². The van der Waals surface area contributed by atoms with Gasteiger partial charge in [0, 0.05) is 21.8 Å². The molecule has 0 aliphatic heterocycles. The average molecular weight is 481 g/mol. The van der Waals surface area contributed by atoms with Crippen molar-refractivity contribution in [3.63, 3.8) is 0 Å². The minimum atomic E-state index is -5.46. The summed E-state index contributed by atoms with van der Waals surface area (Å²) in [6, 6.07) is 10.2. The van der Waals surface area contributed by atoms with E-state index in [2.05, 4.69) is 0 Å². The predicted octanol–water partition coefficient (Wildman–Crippen LogP) is 7.91. The van der Waals surface area contributed by atoms with Crippen molar-refractivity contribution in [1.29, 1.82) is 0 Å². The van der Waals surface area contributed by atoms with E-state index in [1.165, 1.54) is 0 Å². The highest BCUT2D eigenvalue weighted by molar-refractivity contribution is 7.11. The van der Waals surface area contributed by atoms with Crippen molar-refractivity contribution in [2.24, 2.45) is 23.7 Å². The molecule has 6 aliphatic rings. The Morgan fingerprint density at radius 1 is 0.727 bits per heavy atom. The zero-order valence-corrected chi connectivity index (χ0v) is 18.5. The molecule has 4 fully saturated rings. The Balaban J connectivity index is 1.60. The van der Waals surface area contributed by atoms with Crippen LogP contribution in [-0.2, 0) is 5.41 Å². The number of benzene rings is 1. The Hall–Kier alpha value is -1.76. The van der Waals surface area contributed by atoms with Gasteiger partial charge in [-0.1, -0.05) is 30.3 Å². The van der Waals surface area contributed by atoms with Crippen LogP contribution in [0, 0.1) is 23.7 Å². The van der Waals surface area contributed by atoms with Crippen LogP contribution < -0.4 is 0 Å². The lowest BCUT2D eigenvalue weighted by Gasteiger charge is -2.65. The van der Waals surface area contributed by atoms with Crippen LogP contribution in [0.4, 0.5) is 26.3 Å². The summed E-state index contributed by atoms with van der Waals surface area (Å²) in [5.41, 5.74) is -1.92.